The van der Waals surface area contributed by atoms with Gasteiger partial charge in [-0.25, -0.2) is 0 Å². The van der Waals surface area contributed by atoms with Crippen LogP contribution in [0.25, 0.3) is 0 Å². The molecule has 0 saturated heterocycles. The molecule has 1 aliphatic carbocycles. The second kappa shape index (κ2) is 3.25. The fraction of sp³-hybridized carbons (Fsp3) is 1.00. The Morgan fingerprint density at radius 3 is 2.23 bits per heavy atom. The highest BCUT2D eigenvalue weighted by atomic mass is 16.3. The Morgan fingerprint density at radius 1 is 1.38 bits per heavy atom. The SMILES string of the molecule is C[C@@H]1CC[C@](C)([C@@H](O)CO)C1(C)C. The Morgan fingerprint density at radius 2 is 1.92 bits per heavy atom. The van der Waals surface area contributed by atoms with Gasteiger partial charge < -0.3 is 10.2 Å². The van der Waals surface area contributed by atoms with Gasteiger partial charge in [0, 0.05) is 5.41 Å². The van der Waals surface area contributed by atoms with Gasteiger partial charge in [0.05, 0.1) is 12.7 Å². The van der Waals surface area contributed by atoms with Crippen molar-refractivity contribution >= 4 is 0 Å². The normalized spacial score (nSPS) is 40.6. The molecule has 0 aromatic rings. The molecular weight excluding hydrogens is 164 g/mol. The van der Waals surface area contributed by atoms with E-state index < -0.39 is 6.10 Å². The monoisotopic (exact) mass is 186 g/mol. The van der Waals surface area contributed by atoms with Crippen molar-refractivity contribution in [1.82, 2.24) is 0 Å². The Kier molecular flexibility index (Phi) is 2.75. The summed E-state index contributed by atoms with van der Waals surface area (Å²) in [6, 6.07) is 0. The van der Waals surface area contributed by atoms with E-state index in [1.165, 1.54) is 0 Å². The van der Waals surface area contributed by atoms with E-state index in [9.17, 15) is 5.11 Å². The minimum absolute atomic E-state index is 0.118. The Balaban J connectivity index is 2.91. The molecule has 0 amide bonds. The molecule has 78 valence electrons. The predicted molar refractivity (Wildman–Crippen MR) is 53.4 cm³/mol. The summed E-state index contributed by atoms with van der Waals surface area (Å²) < 4.78 is 0. The Labute approximate surface area is 81.0 Å². The molecule has 0 radical (unpaired) electrons. The van der Waals surface area contributed by atoms with Gasteiger partial charge in [0.25, 0.3) is 0 Å². The first-order valence-corrected chi connectivity index (χ1v) is 5.15. The lowest BCUT2D eigenvalue weighted by Gasteiger charge is -2.43. The highest BCUT2D eigenvalue weighted by Crippen LogP contribution is 2.57. The summed E-state index contributed by atoms with van der Waals surface area (Å²) in [4.78, 5) is 0. The van der Waals surface area contributed by atoms with Gasteiger partial charge in [-0.05, 0) is 24.2 Å². The van der Waals surface area contributed by atoms with Crippen molar-refractivity contribution in [1.29, 1.82) is 0 Å². The highest BCUT2D eigenvalue weighted by molar-refractivity contribution is 5.02. The molecule has 13 heavy (non-hydrogen) atoms. The molecule has 3 atom stereocenters. The van der Waals surface area contributed by atoms with Gasteiger partial charge in [0.1, 0.15) is 0 Å². The molecule has 2 heteroatoms. The van der Waals surface area contributed by atoms with Crippen molar-refractivity contribution in [3.05, 3.63) is 0 Å². The molecule has 0 aromatic carbocycles. The maximum Gasteiger partial charge on any atom is 0.0829 e. The number of hydrogen-bond acceptors (Lipinski definition) is 2. The number of hydrogen-bond donors (Lipinski definition) is 2. The molecule has 1 aliphatic rings. The van der Waals surface area contributed by atoms with Crippen molar-refractivity contribution in [2.75, 3.05) is 6.61 Å². The van der Waals surface area contributed by atoms with Gasteiger partial charge in [-0.2, -0.15) is 0 Å². The molecule has 0 spiro atoms. The summed E-state index contributed by atoms with van der Waals surface area (Å²) in [6.07, 6.45) is 1.59. The quantitative estimate of drug-likeness (QED) is 0.690. The smallest absolute Gasteiger partial charge is 0.0829 e. The zero-order chi connectivity index (χ0) is 10.3. The first kappa shape index (κ1) is 11.0. The van der Waals surface area contributed by atoms with Crippen LogP contribution in [-0.2, 0) is 0 Å². The standard InChI is InChI=1S/C11H22O2/c1-8-5-6-11(4,9(13)7-12)10(8,2)3/h8-9,12-13H,5-7H2,1-4H3/t8-,9+,11-/m1/s1. The minimum atomic E-state index is -0.576. The van der Waals surface area contributed by atoms with Crippen molar-refractivity contribution in [3.8, 4) is 0 Å². The molecule has 0 unspecified atom stereocenters. The topological polar surface area (TPSA) is 40.5 Å². The van der Waals surface area contributed by atoms with Crippen molar-refractivity contribution in [2.24, 2.45) is 16.7 Å². The third-order valence-electron chi connectivity index (χ3n) is 4.71. The maximum absolute atomic E-state index is 9.82. The van der Waals surface area contributed by atoms with E-state index in [0.717, 1.165) is 12.8 Å². The molecule has 2 nitrogen and oxygen atoms in total. The third kappa shape index (κ3) is 1.40. The van der Waals surface area contributed by atoms with E-state index in [-0.39, 0.29) is 17.4 Å². The van der Waals surface area contributed by atoms with Gasteiger partial charge in [-0.1, -0.05) is 27.7 Å². The minimum Gasteiger partial charge on any atom is -0.394 e. The first-order chi connectivity index (χ1) is 5.86. The average molecular weight is 186 g/mol. The lowest BCUT2D eigenvalue weighted by Crippen LogP contribution is -2.44. The first-order valence-electron chi connectivity index (χ1n) is 5.15. The van der Waals surface area contributed by atoms with Crippen molar-refractivity contribution in [3.63, 3.8) is 0 Å². The lowest BCUT2D eigenvalue weighted by molar-refractivity contribution is -0.0659. The molecule has 0 aromatic heterocycles. The van der Waals surface area contributed by atoms with Crippen LogP contribution in [0.2, 0.25) is 0 Å². The van der Waals surface area contributed by atoms with Crippen molar-refractivity contribution < 1.29 is 10.2 Å². The molecule has 1 fully saturated rings. The molecule has 0 bridgehead atoms. The van der Waals surface area contributed by atoms with Crippen LogP contribution in [0.5, 0.6) is 0 Å². The van der Waals surface area contributed by atoms with Gasteiger partial charge in [-0.3, -0.25) is 0 Å². The lowest BCUT2D eigenvalue weighted by atomic mass is 9.63. The summed E-state index contributed by atoms with van der Waals surface area (Å²) >= 11 is 0. The van der Waals surface area contributed by atoms with E-state index in [4.69, 9.17) is 5.11 Å². The van der Waals surface area contributed by atoms with E-state index in [0.29, 0.717) is 5.92 Å². The van der Waals surface area contributed by atoms with Gasteiger partial charge in [-0.15, -0.1) is 0 Å². The second-order valence-electron chi connectivity index (χ2n) is 5.28. The van der Waals surface area contributed by atoms with Crippen molar-refractivity contribution in [2.45, 2.75) is 46.6 Å². The molecular formula is C11H22O2. The Bertz CT molecular complexity index is 189. The van der Waals surface area contributed by atoms with Crippen LogP contribution >= 0.6 is 0 Å². The van der Waals surface area contributed by atoms with Crippen LogP contribution in [0.1, 0.15) is 40.5 Å². The molecule has 1 rings (SSSR count). The fourth-order valence-electron chi connectivity index (χ4n) is 2.56. The zero-order valence-corrected chi connectivity index (χ0v) is 9.17. The van der Waals surface area contributed by atoms with Gasteiger partial charge in [0.15, 0.2) is 0 Å². The largest absolute Gasteiger partial charge is 0.394 e. The summed E-state index contributed by atoms with van der Waals surface area (Å²) in [5.74, 6) is 0.624. The van der Waals surface area contributed by atoms with E-state index in [1.54, 1.807) is 0 Å². The number of rotatable bonds is 2. The van der Waals surface area contributed by atoms with E-state index >= 15 is 0 Å². The molecule has 0 heterocycles. The van der Waals surface area contributed by atoms with Crippen LogP contribution in [0.15, 0.2) is 0 Å². The van der Waals surface area contributed by atoms with Gasteiger partial charge in [0.2, 0.25) is 0 Å². The predicted octanol–water partition coefficient (Wildman–Crippen LogP) is 1.80. The van der Waals surface area contributed by atoms with Gasteiger partial charge >= 0.3 is 0 Å². The van der Waals surface area contributed by atoms with Crippen LogP contribution in [0.3, 0.4) is 0 Å². The van der Waals surface area contributed by atoms with Crippen LogP contribution < -0.4 is 0 Å². The molecule has 1 saturated carbocycles. The highest BCUT2D eigenvalue weighted by Gasteiger charge is 2.53. The zero-order valence-electron chi connectivity index (χ0n) is 9.17. The van der Waals surface area contributed by atoms with E-state index in [2.05, 4.69) is 27.7 Å². The Hall–Kier alpha value is -0.0800. The summed E-state index contributed by atoms with van der Waals surface area (Å²) in [6.45, 7) is 8.60. The van der Waals surface area contributed by atoms with Crippen LogP contribution in [-0.4, -0.2) is 22.9 Å². The molecule has 2 N–H and O–H groups in total. The van der Waals surface area contributed by atoms with Crippen LogP contribution in [0.4, 0.5) is 0 Å². The summed E-state index contributed by atoms with van der Waals surface area (Å²) in [5.41, 5.74) is -0.00366. The number of aliphatic hydroxyl groups excluding tert-OH is 2. The summed E-state index contributed by atoms with van der Waals surface area (Å²) in [5, 5.41) is 18.8. The maximum atomic E-state index is 9.82. The average Bonchev–Trinajstić information content (AvgIpc) is 2.29. The number of aliphatic hydroxyl groups is 2. The fourth-order valence-corrected chi connectivity index (χ4v) is 2.56. The molecule has 0 aliphatic heterocycles. The van der Waals surface area contributed by atoms with Crippen LogP contribution in [0, 0.1) is 16.7 Å². The summed E-state index contributed by atoms with van der Waals surface area (Å²) in [7, 11) is 0. The second-order valence-corrected chi connectivity index (χ2v) is 5.28. The third-order valence-corrected chi connectivity index (χ3v) is 4.71. The van der Waals surface area contributed by atoms with E-state index in [1.807, 2.05) is 0 Å².